The Bertz CT molecular complexity index is 1200. The molecule has 2 nitrogen and oxygen atoms in total. The minimum absolute atomic E-state index is 0.217. The van der Waals surface area contributed by atoms with Crippen LogP contribution in [0.15, 0.2) is 60.7 Å². The van der Waals surface area contributed by atoms with Crippen molar-refractivity contribution in [2.45, 2.75) is 50.2 Å². The molecule has 3 aliphatic heterocycles. The van der Waals surface area contributed by atoms with Gasteiger partial charge in [0.25, 0.3) is 0 Å². The van der Waals surface area contributed by atoms with Crippen LogP contribution in [-0.4, -0.2) is 16.6 Å². The van der Waals surface area contributed by atoms with Gasteiger partial charge in [-0.05, 0) is 69.9 Å². The number of rotatable bonds is 0. The van der Waals surface area contributed by atoms with Gasteiger partial charge in [0.05, 0.1) is 12.2 Å². The van der Waals surface area contributed by atoms with Crippen molar-refractivity contribution in [2.75, 3.05) is 0 Å². The first-order valence-corrected chi connectivity index (χ1v) is 17.9. The van der Waals surface area contributed by atoms with Crippen LogP contribution in [0.1, 0.15) is 57.4 Å². The van der Waals surface area contributed by atoms with Crippen LogP contribution in [0.4, 0.5) is 0 Å². The Morgan fingerprint density at radius 3 is 1.31 bits per heavy atom. The highest BCUT2D eigenvalue weighted by Crippen LogP contribution is 2.71. The topological polar surface area (TPSA) is 18.5 Å². The Morgan fingerprint density at radius 1 is 0.562 bits per heavy atom. The normalized spacial score (nSPS) is 35.1. The van der Waals surface area contributed by atoms with Crippen LogP contribution < -0.4 is 10.4 Å². The molecular formula is C28H28O2Si2. The second kappa shape index (κ2) is 5.56. The molecule has 2 unspecified atom stereocenters. The largest absolute Gasteiger partial charge is 0.449 e. The molecule has 4 bridgehead atoms. The molecule has 1 fully saturated rings. The van der Waals surface area contributed by atoms with Crippen molar-refractivity contribution in [1.82, 2.24) is 0 Å². The van der Waals surface area contributed by atoms with E-state index >= 15 is 0 Å². The van der Waals surface area contributed by atoms with Gasteiger partial charge in [-0.3, -0.25) is 0 Å². The second-order valence-electron chi connectivity index (χ2n) is 11.5. The van der Waals surface area contributed by atoms with Crippen LogP contribution in [0.3, 0.4) is 0 Å². The summed E-state index contributed by atoms with van der Waals surface area (Å²) in [4.78, 5) is 0. The van der Waals surface area contributed by atoms with Gasteiger partial charge in [-0.1, -0.05) is 60.7 Å². The van der Waals surface area contributed by atoms with E-state index in [1.807, 2.05) is 0 Å². The Kier molecular flexibility index (Phi) is 3.20. The number of hydrogen-bond acceptors (Lipinski definition) is 2. The predicted molar refractivity (Wildman–Crippen MR) is 132 cm³/mol. The zero-order valence-electron chi connectivity index (χ0n) is 19.1. The summed E-state index contributed by atoms with van der Waals surface area (Å²) in [6.45, 7) is 9.52. The van der Waals surface area contributed by atoms with E-state index in [0.29, 0.717) is 23.7 Å². The highest BCUT2D eigenvalue weighted by Gasteiger charge is 2.64. The Balaban J connectivity index is 1.36. The third-order valence-corrected chi connectivity index (χ3v) is 16.9. The minimum Gasteiger partial charge on any atom is -0.449 e. The lowest BCUT2D eigenvalue weighted by Crippen LogP contribution is -2.47. The van der Waals surface area contributed by atoms with E-state index < -0.39 is 16.6 Å². The van der Waals surface area contributed by atoms with Gasteiger partial charge < -0.3 is 8.85 Å². The lowest BCUT2D eigenvalue weighted by molar-refractivity contribution is 0.0533. The molecule has 0 aromatic heterocycles. The molecule has 3 aromatic rings. The molecule has 6 aliphatic rings. The number of benzene rings is 3. The highest BCUT2D eigenvalue weighted by atomic mass is 28.4. The Labute approximate surface area is 191 Å². The summed E-state index contributed by atoms with van der Waals surface area (Å²) in [7, 11) is -3.67. The van der Waals surface area contributed by atoms with Crippen LogP contribution in [-0.2, 0) is 8.85 Å². The summed E-state index contributed by atoms with van der Waals surface area (Å²) >= 11 is 0. The van der Waals surface area contributed by atoms with E-state index in [4.69, 9.17) is 8.85 Å². The first kappa shape index (κ1) is 18.4. The van der Waals surface area contributed by atoms with Gasteiger partial charge in [-0.2, -0.15) is 0 Å². The van der Waals surface area contributed by atoms with Crippen LogP contribution in [0.25, 0.3) is 0 Å². The lowest BCUT2D eigenvalue weighted by atomic mass is 9.50. The molecule has 160 valence electrons. The van der Waals surface area contributed by atoms with Crippen molar-refractivity contribution in [1.29, 1.82) is 0 Å². The molecule has 0 spiro atoms. The average molecular weight is 453 g/mol. The van der Waals surface area contributed by atoms with E-state index in [-0.39, 0.29) is 12.2 Å². The van der Waals surface area contributed by atoms with Crippen molar-refractivity contribution < 1.29 is 8.85 Å². The molecule has 3 aliphatic carbocycles. The maximum atomic E-state index is 6.94. The Hall–Kier alpha value is -1.99. The lowest BCUT2D eigenvalue weighted by Gasteiger charge is -2.51. The summed E-state index contributed by atoms with van der Waals surface area (Å²) < 4.78 is 13.7. The minimum atomic E-state index is -1.84. The monoisotopic (exact) mass is 452 g/mol. The first-order valence-electron chi connectivity index (χ1n) is 12.1. The maximum Gasteiger partial charge on any atom is 0.206 e. The number of hydrogen-bond donors (Lipinski definition) is 0. The standard InChI is InChI=1S/C28H28O2Si2/c1-31(2)21-13-19-20(14-22(21)32(3,4)30-31)28-26-24-17-11-7-5-9-15(17)23(25(26)27(19)29-28)16-10-6-8-12-18(16)24/h5-14,23-28H,1-4H3/t23?,24?,25?,26?,27-,28+. The fourth-order valence-electron chi connectivity index (χ4n) is 8.29. The molecule has 4 heteroatoms. The quantitative estimate of drug-likeness (QED) is 0.437. The SMILES string of the molecule is C[Si]1(C)O[Si](C)(C)c2cc3c(cc21)[C@H]1O[C@@H]3C2C3c4ccccc4C(c4ccccc43)C21. The summed E-state index contributed by atoms with van der Waals surface area (Å²) in [5, 5.41) is 3.09. The van der Waals surface area contributed by atoms with Gasteiger partial charge in [-0.15, -0.1) is 0 Å². The fourth-order valence-corrected chi connectivity index (χ4v) is 18.5. The molecule has 1 saturated heterocycles. The highest BCUT2D eigenvalue weighted by molar-refractivity contribution is 7.05. The van der Waals surface area contributed by atoms with Crippen molar-refractivity contribution in [2.24, 2.45) is 11.8 Å². The smallest absolute Gasteiger partial charge is 0.206 e. The van der Waals surface area contributed by atoms with Gasteiger partial charge in [-0.25, -0.2) is 0 Å². The van der Waals surface area contributed by atoms with Gasteiger partial charge in [0.15, 0.2) is 0 Å². The molecule has 0 saturated carbocycles. The van der Waals surface area contributed by atoms with Gasteiger partial charge >= 0.3 is 0 Å². The molecule has 0 radical (unpaired) electrons. The van der Waals surface area contributed by atoms with Crippen LogP contribution in [0.2, 0.25) is 26.2 Å². The maximum absolute atomic E-state index is 6.94. The van der Waals surface area contributed by atoms with E-state index in [1.165, 1.54) is 11.1 Å². The predicted octanol–water partition coefficient (Wildman–Crippen LogP) is 5.19. The molecule has 3 heterocycles. The van der Waals surface area contributed by atoms with E-state index in [1.54, 1.807) is 32.6 Å². The van der Waals surface area contributed by atoms with Gasteiger partial charge in [0, 0.05) is 23.7 Å². The van der Waals surface area contributed by atoms with Crippen LogP contribution in [0, 0.1) is 11.8 Å². The fraction of sp³-hybridized carbons (Fsp3) is 0.357. The molecule has 3 aromatic carbocycles. The van der Waals surface area contributed by atoms with E-state index in [2.05, 4.69) is 86.9 Å². The van der Waals surface area contributed by atoms with Crippen LogP contribution in [0.5, 0.6) is 0 Å². The molecule has 0 N–H and O–H groups in total. The summed E-state index contributed by atoms with van der Waals surface area (Å²) in [6, 6.07) is 23.5. The third kappa shape index (κ3) is 1.96. The third-order valence-electron chi connectivity index (χ3n) is 9.18. The van der Waals surface area contributed by atoms with Crippen LogP contribution >= 0.6 is 0 Å². The number of fused-ring (bicyclic) bond motifs is 6. The summed E-state index contributed by atoms with van der Waals surface area (Å²) in [5.74, 6) is 1.97. The first-order chi connectivity index (χ1) is 15.4. The van der Waals surface area contributed by atoms with Crippen molar-refractivity contribution in [3.8, 4) is 0 Å². The van der Waals surface area contributed by atoms with Crippen molar-refractivity contribution >= 4 is 27.0 Å². The van der Waals surface area contributed by atoms with E-state index in [9.17, 15) is 0 Å². The molecule has 9 rings (SSSR count). The second-order valence-corrected chi connectivity index (χ2v) is 19.4. The molecule has 32 heavy (non-hydrogen) atoms. The molecular weight excluding hydrogens is 424 g/mol. The van der Waals surface area contributed by atoms with Crippen molar-refractivity contribution in [3.05, 3.63) is 94.0 Å². The zero-order chi connectivity index (χ0) is 21.6. The van der Waals surface area contributed by atoms with Crippen molar-refractivity contribution in [3.63, 3.8) is 0 Å². The Morgan fingerprint density at radius 2 is 0.938 bits per heavy atom. The summed E-state index contributed by atoms with van der Waals surface area (Å²) in [6.07, 6.45) is 0.435. The van der Waals surface area contributed by atoms with Gasteiger partial charge in [0.2, 0.25) is 16.6 Å². The molecule has 4 atom stereocenters. The number of ether oxygens (including phenoxy) is 1. The zero-order valence-corrected chi connectivity index (χ0v) is 21.1. The summed E-state index contributed by atoms with van der Waals surface area (Å²) in [5.41, 5.74) is 9.14. The average Bonchev–Trinajstić information content (AvgIpc) is 3.40. The van der Waals surface area contributed by atoms with E-state index in [0.717, 1.165) is 0 Å². The molecule has 0 amide bonds. The van der Waals surface area contributed by atoms with Gasteiger partial charge in [0.1, 0.15) is 0 Å².